The van der Waals surface area contributed by atoms with Crippen LogP contribution in [0.4, 0.5) is 0 Å². The van der Waals surface area contributed by atoms with Crippen LogP contribution in [0.3, 0.4) is 0 Å². The van der Waals surface area contributed by atoms with Crippen molar-refractivity contribution in [2.45, 2.75) is 57.0 Å². The van der Waals surface area contributed by atoms with Crippen molar-refractivity contribution in [3.63, 3.8) is 0 Å². The van der Waals surface area contributed by atoms with E-state index in [1.807, 2.05) is 0 Å². The number of likely N-dealkylation sites (tertiary alicyclic amines) is 1. The van der Waals surface area contributed by atoms with E-state index in [4.69, 9.17) is 0 Å². The van der Waals surface area contributed by atoms with Crippen molar-refractivity contribution in [2.75, 3.05) is 13.7 Å². The largest absolute Gasteiger partial charge is 0.468 e. The van der Waals surface area contributed by atoms with Gasteiger partial charge in [0.2, 0.25) is 11.8 Å². The van der Waals surface area contributed by atoms with E-state index in [0.717, 1.165) is 25.7 Å². The topological polar surface area (TPSA) is 75.7 Å². The van der Waals surface area contributed by atoms with Crippen molar-refractivity contribution in [3.05, 3.63) is 0 Å². The Balaban J connectivity index is 1.95. The van der Waals surface area contributed by atoms with Gasteiger partial charge in [-0.2, -0.15) is 0 Å². The van der Waals surface area contributed by atoms with Crippen molar-refractivity contribution < 1.29 is 19.1 Å². The summed E-state index contributed by atoms with van der Waals surface area (Å²) in [6.07, 6.45) is 6.45. The van der Waals surface area contributed by atoms with Gasteiger partial charge in [-0.3, -0.25) is 24.6 Å². The fraction of sp³-hybridized carbons (Fsp3) is 0.786. The Morgan fingerprint density at radius 1 is 1.25 bits per heavy atom. The molecule has 1 saturated carbocycles. The zero-order chi connectivity index (χ0) is 14.5. The van der Waals surface area contributed by atoms with Gasteiger partial charge in [0, 0.05) is 6.04 Å². The summed E-state index contributed by atoms with van der Waals surface area (Å²) in [5, 5.41) is 2.81. The molecule has 1 aliphatic heterocycles. The smallest absolute Gasteiger partial charge is 0.319 e. The Morgan fingerprint density at radius 2 is 1.90 bits per heavy atom. The van der Waals surface area contributed by atoms with Crippen LogP contribution >= 0.6 is 0 Å². The number of carbonyl (C=O) groups is 3. The van der Waals surface area contributed by atoms with Crippen LogP contribution in [0.25, 0.3) is 0 Å². The number of rotatable bonds is 4. The fourth-order valence-electron chi connectivity index (χ4n) is 2.99. The van der Waals surface area contributed by atoms with E-state index in [1.165, 1.54) is 24.9 Å². The van der Waals surface area contributed by atoms with Crippen molar-refractivity contribution in [1.82, 2.24) is 10.2 Å². The maximum atomic E-state index is 12.3. The highest BCUT2D eigenvalue weighted by atomic mass is 16.5. The zero-order valence-electron chi connectivity index (χ0n) is 11.9. The lowest BCUT2D eigenvalue weighted by Gasteiger charge is -2.25. The molecule has 1 aliphatic carbocycles. The maximum Gasteiger partial charge on any atom is 0.319 e. The van der Waals surface area contributed by atoms with Crippen LogP contribution in [0.5, 0.6) is 0 Å². The third kappa shape index (κ3) is 3.36. The average molecular weight is 282 g/mol. The van der Waals surface area contributed by atoms with Gasteiger partial charge < -0.3 is 4.74 Å². The first-order chi connectivity index (χ1) is 9.63. The van der Waals surface area contributed by atoms with Crippen LogP contribution in [0.1, 0.15) is 44.9 Å². The van der Waals surface area contributed by atoms with E-state index in [0.29, 0.717) is 0 Å². The average Bonchev–Trinajstić information content (AvgIpc) is 2.64. The standard InChI is InChI=1S/C14H22N2O4/c1-20-13(18)9-15-11-8-12(17)16(14(11)19)10-6-4-2-3-5-7-10/h10-11,15H,2-9H2,1H3. The SMILES string of the molecule is COC(=O)CNC1CC(=O)N(C2CCCCCC2)C1=O. The van der Waals surface area contributed by atoms with E-state index in [9.17, 15) is 14.4 Å². The van der Waals surface area contributed by atoms with E-state index in [-0.39, 0.29) is 30.8 Å². The van der Waals surface area contributed by atoms with Crippen molar-refractivity contribution in [2.24, 2.45) is 0 Å². The Hall–Kier alpha value is -1.43. The molecule has 1 atom stereocenters. The number of amides is 2. The quantitative estimate of drug-likeness (QED) is 0.464. The van der Waals surface area contributed by atoms with Gasteiger partial charge >= 0.3 is 5.97 Å². The molecule has 0 bridgehead atoms. The molecule has 2 aliphatic rings. The summed E-state index contributed by atoms with van der Waals surface area (Å²) in [5.74, 6) is -0.742. The second kappa shape index (κ2) is 6.83. The molecule has 6 heteroatoms. The summed E-state index contributed by atoms with van der Waals surface area (Å²) >= 11 is 0. The number of nitrogens with one attached hydrogen (secondary N) is 1. The molecule has 20 heavy (non-hydrogen) atoms. The Kier molecular flexibility index (Phi) is 5.11. The molecule has 0 radical (unpaired) electrons. The molecule has 0 aromatic rings. The van der Waals surface area contributed by atoms with Crippen molar-refractivity contribution in [1.29, 1.82) is 0 Å². The van der Waals surface area contributed by atoms with Crippen LogP contribution in [0.15, 0.2) is 0 Å². The first-order valence-corrected chi connectivity index (χ1v) is 7.29. The molecular weight excluding hydrogens is 260 g/mol. The van der Waals surface area contributed by atoms with Gasteiger partial charge in [0.15, 0.2) is 0 Å². The van der Waals surface area contributed by atoms with Gasteiger partial charge in [0.25, 0.3) is 0 Å². The van der Waals surface area contributed by atoms with Crippen LogP contribution in [0.2, 0.25) is 0 Å². The molecule has 0 aromatic heterocycles. The van der Waals surface area contributed by atoms with Gasteiger partial charge in [0.1, 0.15) is 0 Å². The number of carbonyl (C=O) groups excluding carboxylic acids is 3. The molecule has 2 fully saturated rings. The van der Waals surface area contributed by atoms with Crippen LogP contribution in [0, 0.1) is 0 Å². The maximum absolute atomic E-state index is 12.3. The first-order valence-electron chi connectivity index (χ1n) is 7.29. The summed E-state index contributed by atoms with van der Waals surface area (Å²) in [4.78, 5) is 36.9. The van der Waals surface area contributed by atoms with Gasteiger partial charge in [-0.25, -0.2) is 0 Å². The normalized spacial score (nSPS) is 24.9. The summed E-state index contributed by atoms with van der Waals surface area (Å²) in [6.45, 7) is -0.0430. The predicted octanol–water partition coefficient (Wildman–Crippen LogP) is 0.599. The highest BCUT2D eigenvalue weighted by Gasteiger charge is 2.42. The lowest BCUT2D eigenvalue weighted by Crippen LogP contribution is -2.45. The molecule has 0 spiro atoms. The minimum Gasteiger partial charge on any atom is -0.468 e. The Labute approximate surface area is 118 Å². The molecule has 1 saturated heterocycles. The molecule has 1 heterocycles. The highest BCUT2D eigenvalue weighted by Crippen LogP contribution is 2.26. The lowest BCUT2D eigenvalue weighted by atomic mass is 10.1. The van der Waals surface area contributed by atoms with Crippen LogP contribution in [-0.4, -0.2) is 48.4 Å². The molecule has 0 aromatic carbocycles. The monoisotopic (exact) mass is 282 g/mol. The zero-order valence-corrected chi connectivity index (χ0v) is 11.9. The van der Waals surface area contributed by atoms with E-state index in [2.05, 4.69) is 10.1 Å². The van der Waals surface area contributed by atoms with Crippen LogP contribution in [-0.2, 0) is 19.1 Å². The number of hydrogen-bond acceptors (Lipinski definition) is 5. The number of ether oxygens (including phenoxy) is 1. The molecule has 112 valence electrons. The number of esters is 1. The van der Waals surface area contributed by atoms with Crippen LogP contribution < -0.4 is 5.32 Å². The lowest BCUT2D eigenvalue weighted by molar-refractivity contribution is -0.141. The summed E-state index contributed by atoms with van der Waals surface area (Å²) in [7, 11) is 1.30. The fourth-order valence-corrected chi connectivity index (χ4v) is 2.99. The Morgan fingerprint density at radius 3 is 2.50 bits per heavy atom. The molecule has 1 N–H and O–H groups in total. The summed E-state index contributed by atoms with van der Waals surface area (Å²) < 4.78 is 4.52. The number of imide groups is 1. The van der Waals surface area contributed by atoms with E-state index in [1.54, 1.807) is 0 Å². The van der Waals surface area contributed by atoms with E-state index >= 15 is 0 Å². The van der Waals surface area contributed by atoms with Gasteiger partial charge in [-0.15, -0.1) is 0 Å². The first kappa shape index (κ1) is 15.0. The van der Waals surface area contributed by atoms with E-state index < -0.39 is 12.0 Å². The summed E-state index contributed by atoms with van der Waals surface area (Å²) in [6, 6.07) is -0.535. The van der Waals surface area contributed by atoms with Crippen molar-refractivity contribution in [3.8, 4) is 0 Å². The second-order valence-corrected chi connectivity index (χ2v) is 5.46. The Bertz CT molecular complexity index is 389. The number of hydrogen-bond donors (Lipinski definition) is 1. The number of nitrogens with zero attached hydrogens (tertiary/aromatic N) is 1. The molecule has 2 amide bonds. The molecular formula is C14H22N2O4. The summed E-state index contributed by atoms with van der Waals surface area (Å²) in [5.41, 5.74) is 0. The predicted molar refractivity (Wildman–Crippen MR) is 71.8 cm³/mol. The molecule has 1 unspecified atom stereocenters. The number of methoxy groups -OCH3 is 1. The third-order valence-corrected chi connectivity index (χ3v) is 4.09. The molecule has 2 rings (SSSR count). The minimum absolute atomic E-state index is 0.0430. The van der Waals surface area contributed by atoms with Gasteiger partial charge in [-0.1, -0.05) is 25.7 Å². The molecule has 6 nitrogen and oxygen atoms in total. The second-order valence-electron chi connectivity index (χ2n) is 5.46. The van der Waals surface area contributed by atoms with Gasteiger partial charge in [-0.05, 0) is 12.8 Å². The third-order valence-electron chi connectivity index (χ3n) is 4.09. The minimum atomic E-state index is -0.579. The van der Waals surface area contributed by atoms with Gasteiger partial charge in [0.05, 0.1) is 26.1 Å². The van der Waals surface area contributed by atoms with Crippen molar-refractivity contribution >= 4 is 17.8 Å². The highest BCUT2D eigenvalue weighted by molar-refractivity contribution is 6.06.